The molecule has 110 valence electrons. The summed E-state index contributed by atoms with van der Waals surface area (Å²) >= 11 is 5.77. The molecular weight excluding hydrogens is 306 g/mol. The van der Waals surface area contributed by atoms with Crippen LogP contribution in [-0.2, 0) is 14.8 Å². The van der Waals surface area contributed by atoms with Crippen LogP contribution in [0.4, 0.5) is 0 Å². The summed E-state index contributed by atoms with van der Waals surface area (Å²) in [6, 6.07) is 5.59. The predicted octanol–water partition coefficient (Wildman–Crippen LogP) is 0.939. The molecule has 8 heteroatoms. The molecule has 0 spiro atoms. The predicted molar refractivity (Wildman–Crippen MR) is 72.0 cm³/mol. The Morgan fingerprint density at radius 2 is 2.15 bits per heavy atom. The number of hydrogen-bond donors (Lipinski definition) is 2. The summed E-state index contributed by atoms with van der Waals surface area (Å²) in [5, 5.41) is 19.2. The van der Waals surface area contributed by atoms with Gasteiger partial charge in [-0.15, -0.1) is 0 Å². The zero-order valence-electron chi connectivity index (χ0n) is 10.7. The van der Waals surface area contributed by atoms with E-state index in [1.165, 1.54) is 31.2 Å². The Labute approximate surface area is 121 Å². The van der Waals surface area contributed by atoms with Crippen LogP contribution in [0.25, 0.3) is 0 Å². The van der Waals surface area contributed by atoms with Crippen LogP contribution >= 0.6 is 11.6 Å². The van der Waals surface area contributed by atoms with Crippen LogP contribution in [0.15, 0.2) is 29.2 Å². The average Bonchev–Trinajstić information content (AvgIpc) is 2.67. The Balaban J connectivity index is 2.51. The number of benzene rings is 1. The molecule has 0 unspecified atom stereocenters. The maximum atomic E-state index is 12.5. The standard InChI is InChI=1S/C12H14ClNO5S/c1-12(11(16)17)6-9(15)7-14(12)20(18,19)10-4-2-3-8(13)5-10/h2-5,9,15H,6-7H2,1H3,(H,16,17)/t9-,12+/m1/s1. The lowest BCUT2D eigenvalue weighted by molar-refractivity contribution is -0.146. The van der Waals surface area contributed by atoms with Crippen molar-refractivity contribution in [3.05, 3.63) is 29.3 Å². The highest BCUT2D eigenvalue weighted by Gasteiger charge is 2.53. The van der Waals surface area contributed by atoms with Crippen molar-refractivity contribution in [1.29, 1.82) is 0 Å². The molecule has 20 heavy (non-hydrogen) atoms. The van der Waals surface area contributed by atoms with Gasteiger partial charge in [-0.3, -0.25) is 4.79 Å². The summed E-state index contributed by atoms with van der Waals surface area (Å²) < 4.78 is 25.9. The van der Waals surface area contributed by atoms with E-state index in [1.54, 1.807) is 0 Å². The third kappa shape index (κ3) is 2.42. The van der Waals surface area contributed by atoms with E-state index in [1.807, 2.05) is 0 Å². The minimum Gasteiger partial charge on any atom is -0.480 e. The summed E-state index contributed by atoms with van der Waals surface area (Å²) in [5.74, 6) is -1.29. The second-order valence-corrected chi connectivity index (χ2v) is 7.23. The Morgan fingerprint density at radius 1 is 1.50 bits per heavy atom. The molecule has 1 saturated heterocycles. The molecule has 1 fully saturated rings. The van der Waals surface area contributed by atoms with Crippen molar-refractivity contribution >= 4 is 27.6 Å². The molecule has 1 aliphatic heterocycles. The first-order valence-corrected chi connectivity index (χ1v) is 7.69. The van der Waals surface area contributed by atoms with Crippen molar-refractivity contribution in [3.8, 4) is 0 Å². The van der Waals surface area contributed by atoms with Gasteiger partial charge in [0.25, 0.3) is 0 Å². The van der Waals surface area contributed by atoms with Gasteiger partial charge in [0, 0.05) is 18.0 Å². The zero-order chi connectivity index (χ0) is 15.1. The quantitative estimate of drug-likeness (QED) is 0.864. The Morgan fingerprint density at radius 3 is 2.70 bits per heavy atom. The fourth-order valence-corrected chi connectivity index (χ4v) is 4.42. The van der Waals surface area contributed by atoms with Crippen LogP contribution in [0.2, 0.25) is 5.02 Å². The lowest BCUT2D eigenvalue weighted by Crippen LogP contribution is -2.50. The van der Waals surface area contributed by atoms with Crippen LogP contribution in [0.1, 0.15) is 13.3 Å². The monoisotopic (exact) mass is 319 g/mol. The molecule has 6 nitrogen and oxygen atoms in total. The summed E-state index contributed by atoms with van der Waals surface area (Å²) in [6.45, 7) is 1.03. The van der Waals surface area contributed by atoms with E-state index in [0.29, 0.717) is 0 Å². The average molecular weight is 320 g/mol. The number of rotatable bonds is 3. The first kappa shape index (κ1) is 15.2. The van der Waals surface area contributed by atoms with E-state index < -0.39 is 27.6 Å². The Bertz CT molecular complexity index is 647. The molecule has 0 aliphatic carbocycles. The molecule has 2 rings (SSSR count). The largest absolute Gasteiger partial charge is 0.480 e. The highest BCUT2D eigenvalue weighted by atomic mass is 35.5. The SMILES string of the molecule is C[C@@]1(C(=O)O)C[C@@H](O)CN1S(=O)(=O)c1cccc(Cl)c1. The molecule has 1 aliphatic rings. The molecule has 0 aromatic heterocycles. The number of aliphatic carboxylic acids is 1. The molecule has 0 amide bonds. The number of carbonyl (C=O) groups is 1. The van der Waals surface area contributed by atoms with Gasteiger partial charge in [-0.2, -0.15) is 4.31 Å². The van der Waals surface area contributed by atoms with E-state index in [2.05, 4.69) is 0 Å². The van der Waals surface area contributed by atoms with Crippen LogP contribution in [-0.4, -0.2) is 47.1 Å². The van der Waals surface area contributed by atoms with Crippen LogP contribution in [0.5, 0.6) is 0 Å². The molecular formula is C12H14ClNO5S. The number of aliphatic hydroxyl groups excluding tert-OH is 1. The number of carboxylic acid groups (broad SMARTS) is 1. The normalized spacial score (nSPS) is 27.6. The summed E-state index contributed by atoms with van der Waals surface area (Å²) in [6.07, 6.45) is -1.16. The number of nitrogens with zero attached hydrogens (tertiary/aromatic N) is 1. The molecule has 0 radical (unpaired) electrons. The number of sulfonamides is 1. The van der Waals surface area contributed by atoms with E-state index in [9.17, 15) is 23.4 Å². The van der Waals surface area contributed by atoms with Crippen LogP contribution < -0.4 is 0 Å². The maximum Gasteiger partial charge on any atom is 0.324 e. The molecule has 1 aromatic rings. The fraction of sp³-hybridized carbons (Fsp3) is 0.417. The minimum absolute atomic E-state index is 0.0911. The van der Waals surface area contributed by atoms with Crippen molar-refractivity contribution in [1.82, 2.24) is 4.31 Å². The number of aliphatic hydroxyl groups is 1. The Hall–Kier alpha value is -1.15. The highest BCUT2D eigenvalue weighted by Crippen LogP contribution is 2.35. The van der Waals surface area contributed by atoms with E-state index >= 15 is 0 Å². The van der Waals surface area contributed by atoms with Gasteiger partial charge < -0.3 is 10.2 Å². The smallest absolute Gasteiger partial charge is 0.324 e. The van der Waals surface area contributed by atoms with Gasteiger partial charge in [0.2, 0.25) is 10.0 Å². The first-order chi connectivity index (χ1) is 9.18. The summed E-state index contributed by atoms with van der Waals surface area (Å²) in [5.41, 5.74) is -1.67. The van der Waals surface area contributed by atoms with Gasteiger partial charge >= 0.3 is 5.97 Å². The zero-order valence-corrected chi connectivity index (χ0v) is 12.2. The number of carboxylic acids is 1. The van der Waals surface area contributed by atoms with E-state index in [0.717, 1.165) is 4.31 Å². The topological polar surface area (TPSA) is 94.9 Å². The van der Waals surface area contributed by atoms with Gasteiger partial charge in [0.05, 0.1) is 11.0 Å². The first-order valence-electron chi connectivity index (χ1n) is 5.88. The third-order valence-corrected chi connectivity index (χ3v) is 5.62. The van der Waals surface area contributed by atoms with Crippen molar-refractivity contribution < 1.29 is 23.4 Å². The van der Waals surface area contributed by atoms with Crippen LogP contribution in [0.3, 0.4) is 0 Å². The van der Waals surface area contributed by atoms with Crippen LogP contribution in [0, 0.1) is 0 Å². The lowest BCUT2D eigenvalue weighted by atomic mass is 10.0. The molecule has 1 aromatic carbocycles. The molecule has 0 bridgehead atoms. The third-order valence-electron chi connectivity index (χ3n) is 3.40. The van der Waals surface area contributed by atoms with E-state index in [-0.39, 0.29) is 22.9 Å². The number of hydrogen-bond acceptors (Lipinski definition) is 4. The summed E-state index contributed by atoms with van der Waals surface area (Å²) in [7, 11) is -4.04. The second-order valence-electron chi connectivity index (χ2n) is 4.93. The van der Waals surface area contributed by atoms with Gasteiger partial charge in [0.15, 0.2) is 0 Å². The van der Waals surface area contributed by atoms with Crippen molar-refractivity contribution in [3.63, 3.8) is 0 Å². The van der Waals surface area contributed by atoms with Crippen molar-refractivity contribution in [2.75, 3.05) is 6.54 Å². The Kier molecular flexibility index (Phi) is 3.81. The van der Waals surface area contributed by atoms with Crippen molar-refractivity contribution in [2.45, 2.75) is 29.9 Å². The summed E-state index contributed by atoms with van der Waals surface area (Å²) in [4.78, 5) is 11.3. The molecule has 2 N–H and O–H groups in total. The minimum atomic E-state index is -4.04. The highest BCUT2D eigenvalue weighted by molar-refractivity contribution is 7.89. The van der Waals surface area contributed by atoms with Crippen molar-refractivity contribution in [2.24, 2.45) is 0 Å². The van der Waals surface area contributed by atoms with Gasteiger partial charge in [-0.1, -0.05) is 17.7 Å². The van der Waals surface area contributed by atoms with E-state index in [4.69, 9.17) is 11.6 Å². The number of halogens is 1. The lowest BCUT2D eigenvalue weighted by Gasteiger charge is -2.29. The van der Waals surface area contributed by atoms with Gasteiger partial charge in [-0.05, 0) is 25.1 Å². The van der Waals surface area contributed by atoms with Gasteiger partial charge in [0.1, 0.15) is 5.54 Å². The fourth-order valence-electron chi connectivity index (χ4n) is 2.33. The second kappa shape index (κ2) is 5.00. The number of β-amino-alcohol motifs (C(OH)–C–C–N with tert-alkyl or cyclic N) is 1. The molecule has 2 atom stereocenters. The molecule has 0 saturated carbocycles. The van der Waals surface area contributed by atoms with Gasteiger partial charge in [-0.25, -0.2) is 8.42 Å². The maximum absolute atomic E-state index is 12.5. The molecule has 1 heterocycles.